The van der Waals surface area contributed by atoms with Crippen molar-refractivity contribution in [3.05, 3.63) is 47.7 Å². The van der Waals surface area contributed by atoms with Crippen molar-refractivity contribution in [2.75, 3.05) is 58.0 Å². The van der Waals surface area contributed by atoms with Crippen molar-refractivity contribution in [1.29, 1.82) is 0 Å². The molecule has 7 rings (SSSR count). The highest BCUT2D eigenvalue weighted by Gasteiger charge is 2.47. The molecular formula is C35H37F2N5O4. The average Bonchev–Trinajstić information content (AvgIpc) is 3.35. The average molecular weight is 630 g/mol. The van der Waals surface area contributed by atoms with Crippen LogP contribution in [0.2, 0.25) is 0 Å². The number of pyridine rings is 1. The van der Waals surface area contributed by atoms with Gasteiger partial charge in [-0.25, -0.2) is 8.78 Å². The summed E-state index contributed by atoms with van der Waals surface area (Å²) in [6.45, 7) is 3.09. The van der Waals surface area contributed by atoms with E-state index in [9.17, 15) is 14.6 Å². The molecule has 2 N–H and O–H groups in total. The minimum atomic E-state index is -0.774. The Morgan fingerprint density at radius 1 is 1.17 bits per heavy atom. The quantitative estimate of drug-likeness (QED) is 0.289. The van der Waals surface area contributed by atoms with Gasteiger partial charge in [0.1, 0.15) is 28.6 Å². The summed E-state index contributed by atoms with van der Waals surface area (Å²) in [5.74, 6) is 1.08. The number of halogens is 2. The summed E-state index contributed by atoms with van der Waals surface area (Å²) in [5, 5.41) is 21.6. The van der Waals surface area contributed by atoms with Crippen LogP contribution in [-0.2, 0) is 4.74 Å². The maximum atomic E-state index is 16.8. The van der Waals surface area contributed by atoms with Crippen LogP contribution >= 0.6 is 0 Å². The Morgan fingerprint density at radius 2 is 2.02 bits per heavy atom. The first-order valence-corrected chi connectivity index (χ1v) is 15.9. The fourth-order valence-electron chi connectivity index (χ4n) is 7.84. The van der Waals surface area contributed by atoms with Crippen molar-refractivity contribution in [3.63, 3.8) is 0 Å². The van der Waals surface area contributed by atoms with Crippen molar-refractivity contribution >= 4 is 27.5 Å². The number of piperidine rings is 1. The second-order valence-corrected chi connectivity index (χ2v) is 12.9. The number of ether oxygens (including phenoxy) is 2. The number of likely N-dealkylation sites (tertiary alicyclic amines) is 1. The molecule has 1 aliphatic carbocycles. The van der Waals surface area contributed by atoms with E-state index in [4.69, 9.17) is 20.9 Å². The number of hydrogen-bond acceptors (Lipinski definition) is 9. The molecule has 2 aromatic heterocycles. The number of aliphatic hydroxyl groups is 1. The first-order valence-electron chi connectivity index (χ1n) is 15.9. The maximum Gasteiger partial charge on any atom is 0.319 e. The molecule has 1 saturated carbocycles. The SMILES string of the molecule is C#Cc1c(F)ccc2cc(O)cc(-c3ncc4c(N5CCOCC(CO)C5)nc(OC[C@]56CCC[C@H]5N(C)CCC6)nc4c3F)c12. The maximum absolute atomic E-state index is 16.8. The molecule has 2 saturated heterocycles. The summed E-state index contributed by atoms with van der Waals surface area (Å²) in [4.78, 5) is 18.3. The van der Waals surface area contributed by atoms with Crippen molar-refractivity contribution in [2.45, 2.75) is 38.1 Å². The van der Waals surface area contributed by atoms with Gasteiger partial charge in [-0.2, -0.15) is 9.97 Å². The van der Waals surface area contributed by atoms with Crippen molar-refractivity contribution in [1.82, 2.24) is 19.9 Å². The monoisotopic (exact) mass is 629 g/mol. The molecular weight excluding hydrogens is 592 g/mol. The van der Waals surface area contributed by atoms with E-state index in [0.29, 0.717) is 55.5 Å². The Hall–Kier alpha value is -4.11. The van der Waals surface area contributed by atoms with Crippen LogP contribution in [0, 0.1) is 35.3 Å². The number of aromatic hydroxyl groups is 1. The first-order chi connectivity index (χ1) is 22.3. The van der Waals surface area contributed by atoms with E-state index in [-0.39, 0.29) is 57.4 Å². The van der Waals surface area contributed by atoms with Gasteiger partial charge in [0.15, 0.2) is 5.82 Å². The lowest BCUT2D eigenvalue weighted by molar-refractivity contribution is 0.0133. The third-order valence-electron chi connectivity index (χ3n) is 10.1. The van der Waals surface area contributed by atoms with Gasteiger partial charge in [-0.15, -0.1) is 6.42 Å². The van der Waals surface area contributed by atoms with Crippen molar-refractivity contribution < 1.29 is 28.5 Å². The second kappa shape index (κ2) is 12.2. The Balaban J connectivity index is 1.38. The Morgan fingerprint density at radius 3 is 2.85 bits per heavy atom. The van der Waals surface area contributed by atoms with Gasteiger partial charge in [0.25, 0.3) is 0 Å². The van der Waals surface area contributed by atoms with Crippen LogP contribution in [0.3, 0.4) is 0 Å². The number of phenols is 1. The van der Waals surface area contributed by atoms with Gasteiger partial charge >= 0.3 is 6.01 Å². The standard InChI is InChI=1S/C35H37F2N5O4/c1-3-24-27(36)8-7-22-14-23(44)15-25(29(22)24)31-30(37)32-26(16-38-31)33(42-12-13-45-19-21(17-42)18-43)40-34(39-32)46-20-35-9-4-6-28(35)41(2)11-5-10-35/h1,7-8,14-16,21,28,43-44H,4-6,9-13,17-20H2,2H3/t21?,28-,35-/m1/s1. The fraction of sp³-hybridized carbons (Fsp3) is 0.457. The molecule has 3 aliphatic rings. The van der Waals surface area contributed by atoms with Gasteiger partial charge in [0.2, 0.25) is 0 Å². The molecule has 3 fully saturated rings. The van der Waals surface area contributed by atoms with Crippen LogP contribution in [0.4, 0.5) is 14.6 Å². The Bertz CT molecular complexity index is 1850. The number of aliphatic hydroxyl groups excluding tert-OH is 1. The van der Waals surface area contributed by atoms with Gasteiger partial charge in [0, 0.05) is 54.2 Å². The highest BCUT2D eigenvalue weighted by atomic mass is 19.1. The summed E-state index contributed by atoms with van der Waals surface area (Å²) in [7, 11) is 2.17. The van der Waals surface area contributed by atoms with Crippen LogP contribution in [-0.4, -0.2) is 89.2 Å². The lowest BCUT2D eigenvalue weighted by Crippen LogP contribution is -2.50. The van der Waals surface area contributed by atoms with Crippen LogP contribution < -0.4 is 9.64 Å². The molecule has 2 aliphatic heterocycles. The molecule has 0 spiro atoms. The third-order valence-corrected chi connectivity index (χ3v) is 10.1. The number of anilines is 1. The molecule has 240 valence electrons. The molecule has 0 bridgehead atoms. The van der Waals surface area contributed by atoms with Gasteiger partial charge in [0.05, 0.1) is 30.8 Å². The summed E-state index contributed by atoms with van der Waals surface area (Å²) < 4.78 is 43.8. The largest absolute Gasteiger partial charge is 0.508 e. The van der Waals surface area contributed by atoms with E-state index in [1.165, 1.54) is 30.5 Å². The fourth-order valence-corrected chi connectivity index (χ4v) is 7.84. The highest BCUT2D eigenvalue weighted by molar-refractivity contribution is 6.03. The molecule has 11 heteroatoms. The molecule has 4 aromatic rings. The summed E-state index contributed by atoms with van der Waals surface area (Å²) in [6, 6.07) is 5.94. The van der Waals surface area contributed by atoms with Crippen molar-refractivity contribution in [2.24, 2.45) is 11.3 Å². The third kappa shape index (κ3) is 5.28. The van der Waals surface area contributed by atoms with Crippen molar-refractivity contribution in [3.8, 4) is 35.4 Å². The predicted octanol–water partition coefficient (Wildman–Crippen LogP) is 4.90. The van der Waals surface area contributed by atoms with Crippen LogP contribution in [0.1, 0.15) is 37.7 Å². The zero-order valence-corrected chi connectivity index (χ0v) is 25.8. The summed E-state index contributed by atoms with van der Waals surface area (Å²) in [5.41, 5.74) is -0.0919. The molecule has 4 heterocycles. The molecule has 0 amide bonds. The molecule has 46 heavy (non-hydrogen) atoms. The minimum absolute atomic E-state index is 0.0212. The number of nitrogens with zero attached hydrogens (tertiary/aromatic N) is 5. The molecule has 1 unspecified atom stereocenters. The minimum Gasteiger partial charge on any atom is -0.508 e. The van der Waals surface area contributed by atoms with Crippen LogP contribution in [0.25, 0.3) is 32.9 Å². The predicted molar refractivity (Wildman–Crippen MR) is 171 cm³/mol. The molecule has 0 radical (unpaired) electrons. The number of benzene rings is 2. The zero-order valence-electron chi connectivity index (χ0n) is 25.8. The van der Waals surface area contributed by atoms with Crippen LogP contribution in [0.15, 0.2) is 30.5 Å². The van der Waals surface area contributed by atoms with E-state index in [2.05, 4.69) is 27.8 Å². The number of phenolic OH excluding ortho intramolecular Hbond substituents is 1. The molecule has 2 aromatic carbocycles. The molecule has 9 nitrogen and oxygen atoms in total. The van der Waals surface area contributed by atoms with E-state index < -0.39 is 11.6 Å². The van der Waals surface area contributed by atoms with Crippen LogP contribution in [0.5, 0.6) is 11.8 Å². The van der Waals surface area contributed by atoms with Gasteiger partial charge in [-0.3, -0.25) is 4.98 Å². The van der Waals surface area contributed by atoms with E-state index in [1.54, 1.807) is 0 Å². The van der Waals surface area contributed by atoms with E-state index in [1.807, 2.05) is 4.90 Å². The highest BCUT2D eigenvalue weighted by Crippen LogP contribution is 2.47. The van der Waals surface area contributed by atoms with E-state index in [0.717, 1.165) is 38.6 Å². The lowest BCUT2D eigenvalue weighted by atomic mass is 9.76. The zero-order chi connectivity index (χ0) is 32.0. The number of rotatable bonds is 6. The summed E-state index contributed by atoms with van der Waals surface area (Å²) >= 11 is 0. The normalized spacial score (nSPS) is 23.8. The Kier molecular flexibility index (Phi) is 8.13. The number of fused-ring (bicyclic) bond motifs is 3. The smallest absolute Gasteiger partial charge is 0.319 e. The first kappa shape index (κ1) is 30.5. The second-order valence-electron chi connectivity index (χ2n) is 12.9. The van der Waals surface area contributed by atoms with Gasteiger partial charge < -0.3 is 29.5 Å². The summed E-state index contributed by atoms with van der Waals surface area (Å²) in [6.07, 6.45) is 12.6. The van der Waals surface area contributed by atoms with Gasteiger partial charge in [-0.05, 0) is 62.9 Å². The van der Waals surface area contributed by atoms with E-state index >= 15 is 4.39 Å². The number of terminal acetylenes is 1. The topological polar surface area (TPSA) is 104 Å². The van der Waals surface area contributed by atoms with Gasteiger partial charge in [-0.1, -0.05) is 18.4 Å². The Labute approximate surface area is 266 Å². The number of aromatic nitrogens is 3. The molecule has 3 atom stereocenters. The lowest BCUT2D eigenvalue weighted by Gasteiger charge is -2.44. The number of hydrogen-bond donors (Lipinski definition) is 2.